The monoisotopic (exact) mass is 521 g/mol. The maximum atomic E-state index is 13.8. The molecule has 4 nitrogen and oxygen atoms in total. The highest BCUT2D eigenvalue weighted by molar-refractivity contribution is 7.80. The molecule has 0 spiro atoms. The number of Topliss-reactive ketones (excluding diaryl/α,β-unsaturated/α-hetero) is 1. The molecule has 2 aliphatic rings. The lowest BCUT2D eigenvalue weighted by Crippen LogP contribution is -2.41. The number of allylic oxidation sites excluding steroid dienone is 1. The van der Waals surface area contributed by atoms with Crippen molar-refractivity contribution in [2.45, 2.75) is 32.7 Å². The number of halogens is 2. The highest BCUT2D eigenvalue weighted by Gasteiger charge is 2.43. The minimum Gasteiger partial charge on any atom is -0.357 e. The van der Waals surface area contributed by atoms with E-state index in [0.29, 0.717) is 27.2 Å². The Labute approximate surface area is 220 Å². The van der Waals surface area contributed by atoms with E-state index in [1.54, 1.807) is 12.1 Å². The Balaban J connectivity index is 1.75. The van der Waals surface area contributed by atoms with Crippen LogP contribution in [-0.2, 0) is 4.79 Å². The first kappa shape index (κ1) is 23.9. The molecule has 0 unspecified atom stereocenters. The predicted molar refractivity (Wildman–Crippen MR) is 149 cm³/mol. The number of anilines is 3. The lowest BCUT2D eigenvalue weighted by molar-refractivity contribution is -0.118. The van der Waals surface area contributed by atoms with Gasteiger partial charge in [0.2, 0.25) is 0 Å². The van der Waals surface area contributed by atoms with Crippen LogP contribution in [0.3, 0.4) is 0 Å². The number of carbonyl (C=O) groups is 1. The van der Waals surface area contributed by atoms with Crippen LogP contribution in [0.25, 0.3) is 0 Å². The maximum Gasteiger partial charge on any atom is 0.178 e. The van der Waals surface area contributed by atoms with Gasteiger partial charge in [-0.3, -0.25) is 4.79 Å². The summed E-state index contributed by atoms with van der Waals surface area (Å²) in [7, 11) is 0. The summed E-state index contributed by atoms with van der Waals surface area (Å²) < 4.78 is 0. The van der Waals surface area contributed by atoms with Gasteiger partial charge < -0.3 is 15.5 Å². The SMILES string of the molecule is CC1(C)CC(=O)C2=C(C1)Nc1ccccc1N(C(=S)Nc1ccccc1)[C@@H]2c1ccc(Cl)cc1Cl. The van der Waals surface area contributed by atoms with Crippen molar-refractivity contribution in [2.24, 2.45) is 5.41 Å². The van der Waals surface area contributed by atoms with Gasteiger partial charge in [-0.2, -0.15) is 0 Å². The molecule has 5 rings (SSSR count). The van der Waals surface area contributed by atoms with Crippen molar-refractivity contribution in [1.29, 1.82) is 0 Å². The number of rotatable bonds is 2. The zero-order chi connectivity index (χ0) is 24.7. The number of fused-ring (bicyclic) bond motifs is 1. The molecular formula is C28H25Cl2N3OS. The number of nitrogens with zero attached hydrogens (tertiary/aromatic N) is 1. The topological polar surface area (TPSA) is 44.4 Å². The molecule has 35 heavy (non-hydrogen) atoms. The van der Waals surface area contributed by atoms with E-state index in [2.05, 4.69) is 24.5 Å². The average Bonchev–Trinajstić information content (AvgIpc) is 2.93. The van der Waals surface area contributed by atoms with Gasteiger partial charge in [0.1, 0.15) is 0 Å². The van der Waals surface area contributed by atoms with E-state index in [1.807, 2.05) is 65.6 Å². The molecule has 3 aromatic rings. The second-order valence-electron chi connectivity index (χ2n) is 9.71. The fourth-order valence-corrected chi connectivity index (χ4v) is 5.77. The van der Waals surface area contributed by atoms with E-state index in [9.17, 15) is 4.79 Å². The zero-order valence-electron chi connectivity index (χ0n) is 19.4. The molecule has 0 fully saturated rings. The lowest BCUT2D eigenvalue weighted by atomic mass is 9.73. The normalized spacial score (nSPS) is 18.8. The van der Waals surface area contributed by atoms with Crippen LogP contribution in [0.1, 0.15) is 38.3 Å². The predicted octanol–water partition coefficient (Wildman–Crippen LogP) is 8.01. The average molecular weight is 523 g/mol. The summed E-state index contributed by atoms with van der Waals surface area (Å²) >= 11 is 19.0. The van der Waals surface area contributed by atoms with Gasteiger partial charge in [-0.15, -0.1) is 0 Å². The molecule has 1 aliphatic heterocycles. The van der Waals surface area contributed by atoms with E-state index in [4.69, 9.17) is 35.4 Å². The molecule has 0 saturated heterocycles. The van der Waals surface area contributed by atoms with Crippen LogP contribution in [0.4, 0.5) is 17.1 Å². The molecule has 0 saturated carbocycles. The molecule has 3 aromatic carbocycles. The maximum absolute atomic E-state index is 13.8. The van der Waals surface area contributed by atoms with Crippen molar-refractivity contribution in [3.8, 4) is 0 Å². The third-order valence-electron chi connectivity index (χ3n) is 6.40. The van der Waals surface area contributed by atoms with Crippen LogP contribution >= 0.6 is 35.4 Å². The minimum atomic E-state index is -0.529. The molecule has 0 bridgehead atoms. The number of para-hydroxylation sites is 3. The molecule has 1 aliphatic carbocycles. The van der Waals surface area contributed by atoms with Gasteiger partial charge >= 0.3 is 0 Å². The zero-order valence-corrected chi connectivity index (χ0v) is 21.8. The summed E-state index contributed by atoms with van der Waals surface area (Å²) in [5.41, 5.74) is 4.80. The second kappa shape index (κ2) is 9.30. The first-order chi connectivity index (χ1) is 16.7. The molecule has 0 amide bonds. The third kappa shape index (κ3) is 4.68. The Bertz CT molecular complexity index is 1350. The van der Waals surface area contributed by atoms with E-state index >= 15 is 0 Å². The molecule has 0 aromatic heterocycles. The highest BCUT2D eigenvalue weighted by atomic mass is 35.5. The number of ketones is 1. The summed E-state index contributed by atoms with van der Waals surface area (Å²) in [4.78, 5) is 15.8. The van der Waals surface area contributed by atoms with Crippen molar-refractivity contribution in [1.82, 2.24) is 0 Å². The minimum absolute atomic E-state index is 0.0834. The van der Waals surface area contributed by atoms with E-state index < -0.39 is 6.04 Å². The smallest absolute Gasteiger partial charge is 0.178 e. The van der Waals surface area contributed by atoms with Crippen molar-refractivity contribution in [3.63, 3.8) is 0 Å². The van der Waals surface area contributed by atoms with Crippen molar-refractivity contribution < 1.29 is 4.79 Å². The largest absolute Gasteiger partial charge is 0.357 e. The summed E-state index contributed by atoms with van der Waals surface area (Å²) in [6.07, 6.45) is 1.18. The fourth-order valence-electron chi connectivity index (χ4n) is 4.93. The quantitative estimate of drug-likeness (QED) is 0.334. The molecule has 2 N–H and O–H groups in total. The van der Waals surface area contributed by atoms with Gasteiger partial charge in [-0.05, 0) is 66.0 Å². The standard InChI is InChI=1S/C28H25Cl2N3OS/c1-28(2)15-22-25(24(34)16-28)26(19-13-12-17(29)14-20(19)30)33(23-11-7-6-10-21(23)32-22)27(35)31-18-8-4-3-5-9-18/h3-14,26,32H,15-16H2,1-2H3,(H,31,35)/t26-/m1/s1. The summed E-state index contributed by atoms with van der Waals surface area (Å²) in [5, 5.41) is 8.44. The van der Waals surface area contributed by atoms with Crippen LogP contribution in [0.5, 0.6) is 0 Å². The molecule has 0 radical (unpaired) electrons. The van der Waals surface area contributed by atoms with Crippen LogP contribution in [-0.4, -0.2) is 10.9 Å². The lowest BCUT2D eigenvalue weighted by Gasteiger charge is -2.38. The number of thiocarbonyl (C=S) groups is 1. The van der Waals surface area contributed by atoms with E-state index in [-0.39, 0.29) is 11.2 Å². The Kier molecular flexibility index (Phi) is 6.34. The first-order valence-electron chi connectivity index (χ1n) is 11.5. The van der Waals surface area contributed by atoms with Gasteiger partial charge in [0, 0.05) is 33.4 Å². The van der Waals surface area contributed by atoms with Crippen molar-refractivity contribution in [2.75, 3.05) is 15.5 Å². The van der Waals surface area contributed by atoms with Gasteiger partial charge in [0.25, 0.3) is 0 Å². The molecule has 1 atom stereocenters. The van der Waals surface area contributed by atoms with E-state index in [1.165, 1.54) is 0 Å². The van der Waals surface area contributed by atoms with Crippen molar-refractivity contribution >= 4 is 63.4 Å². The van der Waals surface area contributed by atoms with Crippen LogP contribution < -0.4 is 15.5 Å². The Morgan fingerprint density at radius 2 is 1.74 bits per heavy atom. The summed E-state index contributed by atoms with van der Waals surface area (Å²) in [5.74, 6) is 0.0834. The number of carbonyl (C=O) groups excluding carboxylic acids is 1. The van der Waals surface area contributed by atoms with Gasteiger partial charge in [-0.1, -0.05) is 73.4 Å². The number of nitrogens with one attached hydrogen (secondary N) is 2. The van der Waals surface area contributed by atoms with Crippen LogP contribution in [0, 0.1) is 5.41 Å². The number of hydrogen-bond donors (Lipinski definition) is 2. The second-order valence-corrected chi connectivity index (χ2v) is 10.9. The summed E-state index contributed by atoms with van der Waals surface area (Å²) in [6.45, 7) is 4.24. The van der Waals surface area contributed by atoms with Gasteiger partial charge in [0.05, 0.1) is 17.4 Å². The van der Waals surface area contributed by atoms with Gasteiger partial charge in [-0.25, -0.2) is 0 Å². The summed E-state index contributed by atoms with van der Waals surface area (Å²) in [6, 6.07) is 22.6. The Hall–Kier alpha value is -2.86. The molecule has 1 heterocycles. The Morgan fingerprint density at radius 3 is 2.49 bits per heavy atom. The highest BCUT2D eigenvalue weighted by Crippen LogP contribution is 2.49. The van der Waals surface area contributed by atoms with E-state index in [0.717, 1.165) is 34.7 Å². The third-order valence-corrected chi connectivity index (χ3v) is 7.26. The fraction of sp³-hybridized carbons (Fsp3) is 0.214. The van der Waals surface area contributed by atoms with Crippen LogP contribution in [0.2, 0.25) is 10.0 Å². The van der Waals surface area contributed by atoms with Gasteiger partial charge in [0.15, 0.2) is 10.9 Å². The number of benzene rings is 3. The Morgan fingerprint density at radius 1 is 1.03 bits per heavy atom. The first-order valence-corrected chi connectivity index (χ1v) is 12.6. The molecule has 7 heteroatoms. The number of hydrogen-bond acceptors (Lipinski definition) is 3. The molecule has 178 valence electrons. The van der Waals surface area contributed by atoms with Crippen LogP contribution in [0.15, 0.2) is 84.1 Å². The van der Waals surface area contributed by atoms with Crippen molar-refractivity contribution in [3.05, 3.63) is 99.7 Å². The molecular weight excluding hydrogens is 497 g/mol.